The second kappa shape index (κ2) is 7.33. The zero-order valence-corrected chi connectivity index (χ0v) is 11.7. The van der Waals surface area contributed by atoms with Gasteiger partial charge in [-0.3, -0.25) is 10.1 Å². The third kappa shape index (κ3) is 4.27. The van der Waals surface area contributed by atoms with E-state index >= 15 is 0 Å². The molecule has 0 aliphatic rings. The summed E-state index contributed by atoms with van der Waals surface area (Å²) in [5.74, 6) is -0.722. The highest BCUT2D eigenvalue weighted by molar-refractivity contribution is 7.98. The molecule has 6 heteroatoms. The normalized spacial score (nSPS) is 14.2. The van der Waals surface area contributed by atoms with E-state index in [1.165, 1.54) is 11.8 Å². The minimum atomic E-state index is -0.814. The van der Waals surface area contributed by atoms with Crippen molar-refractivity contribution in [1.29, 1.82) is 0 Å². The predicted molar refractivity (Wildman–Crippen MR) is 71.5 cm³/mol. The summed E-state index contributed by atoms with van der Waals surface area (Å²) >= 11 is 1.48. The molecule has 0 aromatic carbocycles. The fourth-order valence-electron chi connectivity index (χ4n) is 1.54. The lowest BCUT2D eigenvalue weighted by Gasteiger charge is -2.20. The fraction of sp³-hybridized carbons (Fsp3) is 0.583. The molecule has 0 aliphatic carbocycles. The maximum atomic E-state index is 11.1. The molecular weight excluding hydrogens is 250 g/mol. The van der Waals surface area contributed by atoms with Crippen LogP contribution in [0, 0.1) is 5.92 Å². The van der Waals surface area contributed by atoms with E-state index in [2.05, 4.69) is 15.3 Å². The van der Waals surface area contributed by atoms with Crippen LogP contribution in [0.15, 0.2) is 17.6 Å². The van der Waals surface area contributed by atoms with E-state index in [-0.39, 0.29) is 5.92 Å². The molecule has 1 aromatic rings. The van der Waals surface area contributed by atoms with E-state index in [0.29, 0.717) is 6.54 Å². The molecule has 0 unspecified atom stereocenters. The highest BCUT2D eigenvalue weighted by atomic mass is 32.2. The van der Waals surface area contributed by atoms with Crippen LogP contribution in [0.5, 0.6) is 0 Å². The van der Waals surface area contributed by atoms with Crippen LogP contribution in [0.2, 0.25) is 0 Å². The van der Waals surface area contributed by atoms with E-state index in [9.17, 15) is 4.79 Å². The molecule has 18 heavy (non-hydrogen) atoms. The number of thioether (sulfide) groups is 1. The standard InChI is InChI=1S/C12H19N3O2S/c1-4-8(2)10(11(16)17)13-5-9-6-14-12(18-3)15-7-9/h6-8,10,13H,4-5H2,1-3H3,(H,16,17)/t8-,10-/m1/s1. The smallest absolute Gasteiger partial charge is 0.320 e. The zero-order valence-electron chi connectivity index (χ0n) is 10.9. The number of nitrogens with zero attached hydrogens (tertiary/aromatic N) is 2. The van der Waals surface area contributed by atoms with Crippen molar-refractivity contribution in [3.8, 4) is 0 Å². The van der Waals surface area contributed by atoms with Crippen molar-refractivity contribution in [1.82, 2.24) is 15.3 Å². The van der Waals surface area contributed by atoms with Crippen molar-refractivity contribution in [3.63, 3.8) is 0 Å². The number of carbonyl (C=O) groups is 1. The summed E-state index contributed by atoms with van der Waals surface area (Å²) in [6.45, 7) is 4.38. The molecule has 2 atom stereocenters. The highest BCUT2D eigenvalue weighted by Gasteiger charge is 2.22. The molecule has 5 nitrogen and oxygen atoms in total. The topological polar surface area (TPSA) is 75.1 Å². The molecule has 1 aromatic heterocycles. The van der Waals surface area contributed by atoms with Gasteiger partial charge in [-0.1, -0.05) is 32.0 Å². The van der Waals surface area contributed by atoms with Gasteiger partial charge in [-0.05, 0) is 12.2 Å². The van der Waals surface area contributed by atoms with Gasteiger partial charge in [0.05, 0.1) is 0 Å². The molecule has 0 fully saturated rings. The summed E-state index contributed by atoms with van der Waals surface area (Å²) in [6.07, 6.45) is 6.19. The summed E-state index contributed by atoms with van der Waals surface area (Å²) in [5, 5.41) is 12.9. The Hall–Kier alpha value is -1.14. The van der Waals surface area contributed by atoms with Crippen LogP contribution >= 0.6 is 11.8 Å². The SMILES string of the molecule is CC[C@@H](C)[C@@H](NCc1cnc(SC)nc1)C(=O)O. The largest absolute Gasteiger partial charge is 0.480 e. The molecule has 100 valence electrons. The van der Waals surface area contributed by atoms with Crippen LogP contribution in [-0.2, 0) is 11.3 Å². The van der Waals surface area contributed by atoms with E-state index in [1.54, 1.807) is 12.4 Å². The minimum Gasteiger partial charge on any atom is -0.480 e. The lowest BCUT2D eigenvalue weighted by Crippen LogP contribution is -2.41. The highest BCUT2D eigenvalue weighted by Crippen LogP contribution is 2.10. The molecule has 2 N–H and O–H groups in total. The zero-order chi connectivity index (χ0) is 13.5. The maximum absolute atomic E-state index is 11.1. The van der Waals surface area contributed by atoms with Crippen molar-refractivity contribution in [3.05, 3.63) is 18.0 Å². The van der Waals surface area contributed by atoms with Crippen molar-refractivity contribution in [2.24, 2.45) is 5.92 Å². The number of aromatic nitrogens is 2. The van der Waals surface area contributed by atoms with Gasteiger partial charge in [0.2, 0.25) is 0 Å². The van der Waals surface area contributed by atoms with Gasteiger partial charge in [-0.25, -0.2) is 9.97 Å². The molecule has 1 heterocycles. The Labute approximate surface area is 111 Å². The Morgan fingerprint density at radius 3 is 2.56 bits per heavy atom. The monoisotopic (exact) mass is 269 g/mol. The first-order valence-electron chi connectivity index (χ1n) is 5.89. The molecule has 0 saturated carbocycles. The number of nitrogens with one attached hydrogen (secondary N) is 1. The molecule has 0 saturated heterocycles. The van der Waals surface area contributed by atoms with E-state index in [1.807, 2.05) is 20.1 Å². The lowest BCUT2D eigenvalue weighted by molar-refractivity contribution is -0.140. The molecule has 0 radical (unpaired) electrons. The average Bonchev–Trinajstić information content (AvgIpc) is 2.39. The molecule has 0 amide bonds. The first-order valence-corrected chi connectivity index (χ1v) is 7.12. The Morgan fingerprint density at radius 2 is 2.11 bits per heavy atom. The van der Waals surface area contributed by atoms with E-state index in [0.717, 1.165) is 17.1 Å². The second-order valence-electron chi connectivity index (χ2n) is 4.16. The first-order chi connectivity index (χ1) is 8.58. The summed E-state index contributed by atoms with van der Waals surface area (Å²) in [6, 6.07) is -0.532. The lowest BCUT2D eigenvalue weighted by atomic mass is 9.99. The van der Waals surface area contributed by atoms with Crippen molar-refractivity contribution in [2.45, 2.75) is 38.0 Å². The number of carboxylic acid groups (broad SMARTS) is 1. The van der Waals surface area contributed by atoms with Gasteiger partial charge < -0.3 is 5.11 Å². The van der Waals surface area contributed by atoms with Gasteiger partial charge in [0.25, 0.3) is 0 Å². The summed E-state index contributed by atoms with van der Waals surface area (Å²) in [4.78, 5) is 19.4. The van der Waals surface area contributed by atoms with Gasteiger partial charge in [-0.2, -0.15) is 0 Å². The van der Waals surface area contributed by atoms with Gasteiger partial charge in [0.15, 0.2) is 5.16 Å². The number of aliphatic carboxylic acids is 1. The van der Waals surface area contributed by atoms with Crippen LogP contribution in [0.3, 0.4) is 0 Å². The molecule has 0 spiro atoms. The number of carboxylic acids is 1. The van der Waals surface area contributed by atoms with Crippen LogP contribution in [0.25, 0.3) is 0 Å². The molecule has 0 aliphatic heterocycles. The van der Waals surface area contributed by atoms with Crippen molar-refractivity contribution < 1.29 is 9.90 Å². The third-order valence-electron chi connectivity index (χ3n) is 2.87. The summed E-state index contributed by atoms with van der Waals surface area (Å²) in [5.41, 5.74) is 0.891. The quantitative estimate of drug-likeness (QED) is 0.580. The molecule has 1 rings (SSSR count). The number of hydrogen-bond acceptors (Lipinski definition) is 5. The van der Waals surface area contributed by atoms with Crippen LogP contribution in [-0.4, -0.2) is 33.3 Å². The Kier molecular flexibility index (Phi) is 6.07. The minimum absolute atomic E-state index is 0.0916. The summed E-state index contributed by atoms with van der Waals surface area (Å²) < 4.78 is 0. The molecular formula is C12H19N3O2S. The fourth-order valence-corrected chi connectivity index (χ4v) is 1.85. The third-order valence-corrected chi connectivity index (χ3v) is 3.45. The Morgan fingerprint density at radius 1 is 1.50 bits per heavy atom. The van der Waals surface area contributed by atoms with E-state index < -0.39 is 12.0 Å². The van der Waals surface area contributed by atoms with Crippen LogP contribution in [0.4, 0.5) is 0 Å². The van der Waals surface area contributed by atoms with Gasteiger partial charge in [-0.15, -0.1) is 0 Å². The Balaban J connectivity index is 2.58. The van der Waals surface area contributed by atoms with Crippen molar-refractivity contribution in [2.75, 3.05) is 6.26 Å². The first kappa shape index (κ1) is 14.9. The van der Waals surface area contributed by atoms with Gasteiger partial charge in [0, 0.05) is 24.5 Å². The van der Waals surface area contributed by atoms with Gasteiger partial charge in [0.1, 0.15) is 6.04 Å². The van der Waals surface area contributed by atoms with Crippen molar-refractivity contribution >= 4 is 17.7 Å². The molecule has 0 bridgehead atoms. The van der Waals surface area contributed by atoms with E-state index in [4.69, 9.17) is 5.11 Å². The van der Waals surface area contributed by atoms with Crippen LogP contribution in [0.1, 0.15) is 25.8 Å². The number of hydrogen-bond donors (Lipinski definition) is 2. The Bertz CT molecular complexity index is 383. The predicted octanol–water partition coefficient (Wildman–Crippen LogP) is 1.79. The average molecular weight is 269 g/mol. The van der Waals surface area contributed by atoms with Gasteiger partial charge >= 0.3 is 5.97 Å². The second-order valence-corrected chi connectivity index (χ2v) is 4.93. The number of rotatable bonds is 7. The summed E-state index contributed by atoms with van der Waals surface area (Å²) in [7, 11) is 0. The maximum Gasteiger partial charge on any atom is 0.320 e. The van der Waals surface area contributed by atoms with Crippen LogP contribution < -0.4 is 5.32 Å².